The molecule has 0 radical (unpaired) electrons. The molecule has 0 aromatic heterocycles. The lowest BCUT2D eigenvalue weighted by molar-refractivity contribution is -0.185. The standard InChI is InChI=1S/C32H24O10/c1-13(33)15-6-10-21(35)23(25(15)37)17-4-9-20-29(27(17)39)42-32(20)12-31(3)19-8-5-18(28(41-32)30(19)40-31)24-22(36)11-7-16(14(2)34)26(24)38/h4-11,35-39H,12H2,1-3H3. The maximum absolute atomic E-state index is 12.1. The summed E-state index contributed by atoms with van der Waals surface area (Å²) in [5.41, 5.74) is 0.612. The SMILES string of the molecule is CC(=O)c1ccc(O)c(-c2ccc3c(c2O)OC32CC3(C)Oc4c3ccc(-c3c(O)ccc(C(C)=O)c3O)c4O2)c1O. The summed E-state index contributed by atoms with van der Waals surface area (Å²) in [5.74, 6) is -3.53. The second kappa shape index (κ2) is 8.10. The minimum atomic E-state index is -1.45. The number of hydrogen-bond acceptors (Lipinski definition) is 10. The van der Waals surface area contributed by atoms with Gasteiger partial charge in [-0.25, -0.2) is 0 Å². The van der Waals surface area contributed by atoms with Crippen LogP contribution in [0.25, 0.3) is 22.3 Å². The van der Waals surface area contributed by atoms with Crippen LogP contribution in [0.2, 0.25) is 0 Å². The average Bonchev–Trinajstić information content (AvgIpc) is 3.09. The molecule has 2 unspecified atom stereocenters. The van der Waals surface area contributed by atoms with Crippen LogP contribution in [-0.2, 0) is 11.4 Å². The fraction of sp³-hybridized carbons (Fsp3) is 0.188. The molecule has 4 aromatic rings. The van der Waals surface area contributed by atoms with E-state index in [0.29, 0.717) is 11.3 Å². The van der Waals surface area contributed by atoms with E-state index in [-0.39, 0.29) is 68.5 Å². The van der Waals surface area contributed by atoms with Gasteiger partial charge in [-0.2, -0.15) is 0 Å². The third-order valence-electron chi connectivity index (χ3n) is 8.26. The van der Waals surface area contributed by atoms with Gasteiger partial charge in [-0.3, -0.25) is 9.59 Å². The highest BCUT2D eigenvalue weighted by molar-refractivity contribution is 6.02. The molecular weight excluding hydrogens is 544 g/mol. The lowest BCUT2D eigenvalue weighted by Gasteiger charge is -2.46. The Labute approximate surface area is 238 Å². The molecule has 42 heavy (non-hydrogen) atoms. The topological polar surface area (TPSA) is 163 Å². The molecule has 212 valence electrons. The maximum Gasteiger partial charge on any atom is 0.286 e. The molecule has 4 bridgehead atoms. The van der Waals surface area contributed by atoms with E-state index < -0.39 is 34.5 Å². The van der Waals surface area contributed by atoms with Crippen molar-refractivity contribution in [2.75, 3.05) is 0 Å². The number of carbonyl (C=O) groups is 2. The van der Waals surface area contributed by atoms with Gasteiger partial charge in [0.05, 0.1) is 34.2 Å². The second-order valence-corrected chi connectivity index (χ2v) is 10.9. The Hall–Kier alpha value is -5.38. The van der Waals surface area contributed by atoms with Gasteiger partial charge in [-0.1, -0.05) is 6.07 Å². The predicted octanol–water partition coefficient (Wildman–Crippen LogP) is 5.59. The summed E-state index contributed by atoms with van der Waals surface area (Å²) in [5, 5.41) is 54.1. The Kier molecular flexibility index (Phi) is 4.93. The normalized spacial score (nSPS) is 20.6. The number of ketones is 2. The van der Waals surface area contributed by atoms with Crippen LogP contribution in [0.1, 0.15) is 59.0 Å². The molecule has 10 nitrogen and oxygen atoms in total. The van der Waals surface area contributed by atoms with Crippen LogP contribution in [-0.4, -0.2) is 37.1 Å². The first-order valence-corrected chi connectivity index (χ1v) is 13.1. The summed E-state index contributed by atoms with van der Waals surface area (Å²) in [6, 6.07) is 11.8. The van der Waals surface area contributed by atoms with Gasteiger partial charge in [-0.05, 0) is 63.2 Å². The van der Waals surface area contributed by atoms with E-state index in [2.05, 4.69) is 0 Å². The molecule has 4 aliphatic rings. The zero-order chi connectivity index (χ0) is 29.9. The van der Waals surface area contributed by atoms with Crippen LogP contribution in [0.3, 0.4) is 0 Å². The largest absolute Gasteiger partial charge is 0.507 e. The number of phenols is 5. The van der Waals surface area contributed by atoms with Crippen molar-refractivity contribution in [3.63, 3.8) is 0 Å². The summed E-state index contributed by atoms with van der Waals surface area (Å²) >= 11 is 0. The number of carbonyl (C=O) groups excluding carboxylic acids is 2. The van der Waals surface area contributed by atoms with Crippen molar-refractivity contribution in [1.29, 1.82) is 0 Å². The van der Waals surface area contributed by atoms with Gasteiger partial charge in [0.2, 0.25) is 0 Å². The third-order valence-corrected chi connectivity index (χ3v) is 8.26. The Bertz CT molecular complexity index is 1930. The zero-order valence-electron chi connectivity index (χ0n) is 22.6. The van der Waals surface area contributed by atoms with E-state index in [1.165, 1.54) is 44.2 Å². The van der Waals surface area contributed by atoms with E-state index in [0.717, 1.165) is 5.56 Å². The Morgan fingerprint density at radius 2 is 1.14 bits per heavy atom. The molecule has 5 N–H and O–H groups in total. The number of hydrogen-bond donors (Lipinski definition) is 5. The molecule has 1 spiro atoms. The van der Waals surface area contributed by atoms with E-state index >= 15 is 0 Å². The van der Waals surface area contributed by atoms with Crippen LogP contribution in [0, 0.1) is 0 Å². The van der Waals surface area contributed by atoms with Crippen molar-refractivity contribution in [2.24, 2.45) is 0 Å². The Balaban J connectivity index is 1.36. The smallest absolute Gasteiger partial charge is 0.286 e. The minimum Gasteiger partial charge on any atom is -0.507 e. The lowest BCUT2D eigenvalue weighted by Crippen LogP contribution is -2.51. The fourth-order valence-electron chi connectivity index (χ4n) is 6.21. The highest BCUT2D eigenvalue weighted by Crippen LogP contribution is 2.66. The summed E-state index contributed by atoms with van der Waals surface area (Å²) < 4.78 is 18.8. The van der Waals surface area contributed by atoms with Crippen molar-refractivity contribution < 1.29 is 49.3 Å². The molecular formula is C32H24O10. The van der Waals surface area contributed by atoms with E-state index in [1.54, 1.807) is 18.2 Å². The van der Waals surface area contributed by atoms with Crippen LogP contribution in [0.4, 0.5) is 0 Å². The van der Waals surface area contributed by atoms with Gasteiger partial charge in [0.15, 0.2) is 34.6 Å². The molecule has 2 atom stereocenters. The first-order valence-electron chi connectivity index (χ1n) is 13.1. The number of Topliss-reactive ketones (excluding diaryl/α,β-unsaturated/α-hetero) is 2. The van der Waals surface area contributed by atoms with Crippen molar-refractivity contribution in [3.05, 3.63) is 70.8 Å². The summed E-state index contributed by atoms with van der Waals surface area (Å²) in [4.78, 5) is 24.1. The van der Waals surface area contributed by atoms with Crippen molar-refractivity contribution in [1.82, 2.24) is 0 Å². The van der Waals surface area contributed by atoms with Crippen LogP contribution >= 0.6 is 0 Å². The number of rotatable bonds is 4. The molecule has 0 fully saturated rings. The van der Waals surface area contributed by atoms with E-state index in [9.17, 15) is 35.1 Å². The monoisotopic (exact) mass is 568 g/mol. The van der Waals surface area contributed by atoms with Gasteiger partial charge in [0.1, 0.15) is 28.6 Å². The lowest BCUT2D eigenvalue weighted by atomic mass is 9.79. The Morgan fingerprint density at radius 1 is 0.619 bits per heavy atom. The number of benzene rings is 4. The molecule has 4 aliphatic heterocycles. The molecule has 0 saturated carbocycles. The van der Waals surface area contributed by atoms with E-state index in [1.807, 2.05) is 6.92 Å². The van der Waals surface area contributed by atoms with Crippen LogP contribution in [0.5, 0.6) is 46.0 Å². The highest BCUT2D eigenvalue weighted by Gasteiger charge is 2.62. The molecule has 8 rings (SSSR count). The fourth-order valence-corrected chi connectivity index (χ4v) is 6.21. The van der Waals surface area contributed by atoms with Gasteiger partial charge in [0, 0.05) is 16.7 Å². The second-order valence-electron chi connectivity index (χ2n) is 10.9. The van der Waals surface area contributed by atoms with Crippen molar-refractivity contribution >= 4 is 11.6 Å². The summed E-state index contributed by atoms with van der Waals surface area (Å²) in [7, 11) is 0. The summed E-state index contributed by atoms with van der Waals surface area (Å²) in [6.07, 6.45) is 0.174. The van der Waals surface area contributed by atoms with Gasteiger partial charge in [-0.15, -0.1) is 0 Å². The van der Waals surface area contributed by atoms with Crippen LogP contribution < -0.4 is 14.2 Å². The van der Waals surface area contributed by atoms with Gasteiger partial charge < -0.3 is 39.7 Å². The number of fused-ring (bicyclic) bond motifs is 1. The quantitative estimate of drug-likeness (QED) is 0.196. The molecule has 4 aromatic carbocycles. The van der Waals surface area contributed by atoms with Crippen molar-refractivity contribution in [2.45, 2.75) is 38.6 Å². The minimum absolute atomic E-state index is 0.0104. The van der Waals surface area contributed by atoms with E-state index in [4.69, 9.17) is 14.2 Å². The van der Waals surface area contributed by atoms with Gasteiger partial charge in [0.25, 0.3) is 5.79 Å². The predicted molar refractivity (Wildman–Crippen MR) is 148 cm³/mol. The highest BCUT2D eigenvalue weighted by atomic mass is 16.7. The van der Waals surface area contributed by atoms with Crippen LogP contribution in [0.15, 0.2) is 48.5 Å². The zero-order valence-corrected chi connectivity index (χ0v) is 22.6. The first-order chi connectivity index (χ1) is 19.9. The third kappa shape index (κ3) is 3.14. The summed E-state index contributed by atoms with van der Waals surface area (Å²) in [6.45, 7) is 4.44. The number of aromatic hydroxyl groups is 5. The number of ether oxygens (including phenoxy) is 3. The molecule has 4 heterocycles. The van der Waals surface area contributed by atoms with Gasteiger partial charge >= 0.3 is 0 Å². The average molecular weight is 569 g/mol. The molecule has 0 aliphatic carbocycles. The molecule has 0 amide bonds. The first kappa shape index (κ1) is 25.6. The molecule has 10 heteroatoms. The maximum atomic E-state index is 12.1. The number of phenolic OH excluding ortho intramolecular Hbond substituents is 5. The molecule has 0 saturated heterocycles. The Morgan fingerprint density at radius 3 is 1.74 bits per heavy atom. The van der Waals surface area contributed by atoms with Crippen molar-refractivity contribution in [3.8, 4) is 68.2 Å².